The van der Waals surface area contributed by atoms with Gasteiger partial charge >= 0.3 is 5.97 Å². The molecule has 0 radical (unpaired) electrons. The second-order valence-corrected chi connectivity index (χ2v) is 6.97. The summed E-state index contributed by atoms with van der Waals surface area (Å²) < 4.78 is 5.61. The molecule has 0 aliphatic heterocycles. The summed E-state index contributed by atoms with van der Waals surface area (Å²) in [4.78, 5) is 25.8. The summed E-state index contributed by atoms with van der Waals surface area (Å²) in [5.74, 6) is -0.696. The molecule has 3 nitrogen and oxygen atoms in total. The number of carbonyl (C=O) groups is 2. The number of rotatable bonds is 4. The lowest BCUT2D eigenvalue weighted by molar-refractivity contribution is 0.0322. The van der Waals surface area contributed by atoms with Crippen LogP contribution in [0.1, 0.15) is 33.2 Å². The zero-order valence-electron chi connectivity index (χ0n) is 15.8. The molecule has 0 spiro atoms. The van der Waals surface area contributed by atoms with Crippen molar-refractivity contribution in [2.75, 3.05) is 0 Å². The number of Topliss-reactive ketones (excluding diaryl/α,β-unsaturated/α-hetero) is 1. The van der Waals surface area contributed by atoms with Crippen LogP contribution in [0.5, 0.6) is 0 Å². The first-order valence-corrected chi connectivity index (χ1v) is 9.27. The highest BCUT2D eigenvalue weighted by Gasteiger charge is 2.23. The highest BCUT2D eigenvalue weighted by atomic mass is 16.5. The summed E-state index contributed by atoms with van der Waals surface area (Å²) in [7, 11) is 0. The first-order valence-electron chi connectivity index (χ1n) is 9.27. The van der Waals surface area contributed by atoms with Crippen LogP contribution in [-0.2, 0) is 4.74 Å². The molecule has 4 rings (SSSR count). The lowest BCUT2D eigenvalue weighted by Gasteiger charge is -2.15. The molecular weight excluding hydrogens is 348 g/mol. The molecular formula is C25H20O3. The van der Waals surface area contributed by atoms with Crippen molar-refractivity contribution in [3.8, 4) is 0 Å². The molecule has 0 saturated heterocycles. The molecule has 0 bridgehead atoms. The van der Waals surface area contributed by atoms with E-state index in [4.69, 9.17) is 4.74 Å². The van der Waals surface area contributed by atoms with Gasteiger partial charge in [0, 0.05) is 5.56 Å². The maximum absolute atomic E-state index is 13.1. The third-order valence-electron chi connectivity index (χ3n) is 4.96. The topological polar surface area (TPSA) is 43.4 Å². The van der Waals surface area contributed by atoms with Crippen molar-refractivity contribution in [1.29, 1.82) is 0 Å². The number of ketones is 1. The lowest BCUT2D eigenvalue weighted by atomic mass is 9.97. The van der Waals surface area contributed by atoms with Crippen LogP contribution in [0.4, 0.5) is 0 Å². The monoisotopic (exact) mass is 368 g/mol. The lowest BCUT2D eigenvalue weighted by Crippen LogP contribution is -2.24. The predicted octanol–water partition coefficient (Wildman–Crippen LogP) is 5.73. The number of hydrogen-bond acceptors (Lipinski definition) is 3. The Morgan fingerprint density at radius 1 is 0.786 bits per heavy atom. The summed E-state index contributed by atoms with van der Waals surface area (Å²) in [6, 6.07) is 24.8. The molecule has 0 unspecified atom stereocenters. The van der Waals surface area contributed by atoms with Crippen molar-refractivity contribution in [3.05, 3.63) is 95.6 Å². The number of fused-ring (bicyclic) bond motifs is 2. The summed E-state index contributed by atoms with van der Waals surface area (Å²) in [6.45, 7) is 3.58. The highest BCUT2D eigenvalue weighted by molar-refractivity contribution is 6.17. The Kier molecular flexibility index (Phi) is 4.66. The van der Waals surface area contributed by atoms with Crippen LogP contribution < -0.4 is 0 Å². The first kappa shape index (κ1) is 17.9. The molecule has 1 atom stereocenters. The van der Waals surface area contributed by atoms with Crippen molar-refractivity contribution in [1.82, 2.24) is 0 Å². The van der Waals surface area contributed by atoms with Gasteiger partial charge in [-0.2, -0.15) is 0 Å². The van der Waals surface area contributed by atoms with Gasteiger partial charge in [0.1, 0.15) is 0 Å². The normalized spacial score (nSPS) is 12.1. The number of hydrogen-bond donors (Lipinski definition) is 0. The molecule has 0 heterocycles. The predicted molar refractivity (Wildman–Crippen MR) is 112 cm³/mol. The molecule has 0 aromatic heterocycles. The quantitative estimate of drug-likeness (QED) is 0.262. The van der Waals surface area contributed by atoms with Gasteiger partial charge in [0.15, 0.2) is 6.10 Å². The van der Waals surface area contributed by atoms with E-state index in [1.165, 1.54) is 0 Å². The fraction of sp³-hybridized carbons (Fsp3) is 0.120. The first-order chi connectivity index (χ1) is 13.5. The van der Waals surface area contributed by atoms with E-state index in [2.05, 4.69) is 6.07 Å². The molecule has 0 amide bonds. The Balaban J connectivity index is 1.72. The molecule has 138 valence electrons. The number of carbonyl (C=O) groups excluding carboxylic acids is 2. The summed E-state index contributed by atoms with van der Waals surface area (Å²) in [5.41, 5.74) is 2.11. The van der Waals surface area contributed by atoms with E-state index in [0.29, 0.717) is 11.1 Å². The molecule has 0 saturated carbocycles. The van der Waals surface area contributed by atoms with E-state index in [-0.39, 0.29) is 5.78 Å². The van der Waals surface area contributed by atoms with E-state index in [0.717, 1.165) is 27.1 Å². The highest BCUT2D eigenvalue weighted by Crippen LogP contribution is 2.29. The smallest absolute Gasteiger partial charge is 0.340 e. The molecule has 4 aromatic rings. The zero-order chi connectivity index (χ0) is 19.7. The maximum atomic E-state index is 13.1. The van der Waals surface area contributed by atoms with Gasteiger partial charge in [-0.05, 0) is 41.5 Å². The van der Waals surface area contributed by atoms with Crippen molar-refractivity contribution in [2.24, 2.45) is 0 Å². The average molecular weight is 368 g/mol. The van der Waals surface area contributed by atoms with Crippen LogP contribution in [0.15, 0.2) is 78.9 Å². The third-order valence-corrected chi connectivity index (χ3v) is 4.96. The van der Waals surface area contributed by atoms with E-state index in [1.54, 1.807) is 19.1 Å². The van der Waals surface area contributed by atoms with E-state index in [9.17, 15) is 9.59 Å². The Hall–Kier alpha value is -3.46. The number of esters is 1. The Morgan fingerprint density at radius 3 is 1.89 bits per heavy atom. The van der Waals surface area contributed by atoms with E-state index >= 15 is 0 Å². The van der Waals surface area contributed by atoms with Gasteiger partial charge in [-0.3, -0.25) is 4.79 Å². The van der Waals surface area contributed by atoms with Gasteiger partial charge in [-0.15, -0.1) is 0 Å². The molecule has 4 aromatic carbocycles. The standard InChI is InChI=1S/C25H20O3/c1-16-11-13-18(14-12-16)24(26)17(2)28-25(27)23-21-9-5-3-7-19(21)15-20-8-4-6-10-22(20)23/h3-15,17H,1-2H3/t17-/m0/s1. The fourth-order valence-corrected chi connectivity index (χ4v) is 3.46. The minimum Gasteiger partial charge on any atom is -0.451 e. The summed E-state index contributed by atoms with van der Waals surface area (Å²) in [6.07, 6.45) is -0.868. The van der Waals surface area contributed by atoms with Crippen LogP contribution in [-0.4, -0.2) is 17.9 Å². The molecule has 0 N–H and O–H groups in total. The second kappa shape index (κ2) is 7.28. The largest absolute Gasteiger partial charge is 0.451 e. The van der Waals surface area contributed by atoms with Crippen LogP contribution in [0, 0.1) is 6.92 Å². The van der Waals surface area contributed by atoms with Crippen molar-refractivity contribution >= 4 is 33.3 Å². The Bertz CT molecular complexity index is 1140. The van der Waals surface area contributed by atoms with Crippen LogP contribution >= 0.6 is 0 Å². The molecule has 0 fully saturated rings. The second-order valence-electron chi connectivity index (χ2n) is 6.97. The van der Waals surface area contributed by atoms with Gasteiger partial charge in [0.05, 0.1) is 5.56 Å². The van der Waals surface area contributed by atoms with Gasteiger partial charge in [-0.25, -0.2) is 4.79 Å². The maximum Gasteiger partial charge on any atom is 0.340 e. The molecule has 3 heteroatoms. The third kappa shape index (κ3) is 3.27. The molecule has 28 heavy (non-hydrogen) atoms. The Labute approximate surface area is 163 Å². The minimum atomic E-state index is -0.868. The van der Waals surface area contributed by atoms with Crippen LogP contribution in [0.25, 0.3) is 21.5 Å². The van der Waals surface area contributed by atoms with E-state index in [1.807, 2.05) is 67.6 Å². The molecule has 0 aliphatic rings. The van der Waals surface area contributed by atoms with Crippen molar-refractivity contribution < 1.29 is 14.3 Å². The minimum absolute atomic E-state index is 0.210. The number of ether oxygens (including phenoxy) is 1. The van der Waals surface area contributed by atoms with Crippen LogP contribution in [0.2, 0.25) is 0 Å². The zero-order valence-corrected chi connectivity index (χ0v) is 15.8. The van der Waals surface area contributed by atoms with E-state index < -0.39 is 12.1 Å². The summed E-state index contributed by atoms with van der Waals surface area (Å²) in [5, 5.41) is 3.57. The summed E-state index contributed by atoms with van der Waals surface area (Å²) >= 11 is 0. The fourth-order valence-electron chi connectivity index (χ4n) is 3.46. The van der Waals surface area contributed by atoms with Crippen molar-refractivity contribution in [2.45, 2.75) is 20.0 Å². The van der Waals surface area contributed by atoms with Crippen LogP contribution in [0.3, 0.4) is 0 Å². The Morgan fingerprint density at radius 2 is 1.32 bits per heavy atom. The molecule has 0 aliphatic carbocycles. The van der Waals surface area contributed by atoms with Gasteiger partial charge in [0.2, 0.25) is 5.78 Å². The van der Waals surface area contributed by atoms with Gasteiger partial charge in [0.25, 0.3) is 0 Å². The van der Waals surface area contributed by atoms with Gasteiger partial charge in [-0.1, -0.05) is 78.4 Å². The average Bonchev–Trinajstić information content (AvgIpc) is 2.71. The van der Waals surface area contributed by atoms with Gasteiger partial charge < -0.3 is 4.74 Å². The number of benzene rings is 4. The SMILES string of the molecule is Cc1ccc(C(=O)[C@H](C)OC(=O)c2c3ccccc3cc3ccccc23)cc1. The van der Waals surface area contributed by atoms with Crippen molar-refractivity contribution in [3.63, 3.8) is 0 Å². The number of aryl methyl sites for hydroxylation is 1.